The first-order valence-corrected chi connectivity index (χ1v) is 4.39. The molecule has 30 valence electrons. The normalized spacial score (nSPS) is 30.0. The summed E-state index contributed by atoms with van der Waals surface area (Å²) in [5, 5.41) is 0. The minimum absolute atomic E-state index is 1.36. The van der Waals surface area contributed by atoms with E-state index in [9.17, 15) is 0 Å². The highest BCUT2D eigenvalue weighted by Gasteiger charge is 2.42. The van der Waals surface area contributed by atoms with Gasteiger partial charge in [0.25, 0.3) is 0 Å². The van der Waals surface area contributed by atoms with E-state index in [1.807, 2.05) is 13.1 Å². The van der Waals surface area contributed by atoms with Gasteiger partial charge in [-0.2, -0.15) is 0 Å². The maximum atomic E-state index is 4.53. The Bertz CT molecular complexity index is 45.6. The maximum absolute atomic E-state index is 4.53. The molecule has 0 saturated carbocycles. The second-order valence-corrected chi connectivity index (χ2v) is 4.70. The summed E-state index contributed by atoms with van der Waals surface area (Å²) in [6, 6.07) is 0. The largest absolute Gasteiger partial charge is 0.400 e. The van der Waals surface area contributed by atoms with Crippen LogP contribution in [0, 0.1) is 0 Å². The van der Waals surface area contributed by atoms with Crippen LogP contribution in [0.4, 0.5) is 0 Å². The SMILES string of the molecule is C[Si]1(C)OO1. The van der Waals surface area contributed by atoms with Gasteiger partial charge in [0, 0.05) is 0 Å². The molecule has 2 nitrogen and oxygen atoms in total. The van der Waals surface area contributed by atoms with Gasteiger partial charge in [-0.25, -0.2) is 0 Å². The molecule has 1 heterocycles. The van der Waals surface area contributed by atoms with E-state index in [2.05, 4.69) is 9.15 Å². The number of hydrogen-bond donors (Lipinski definition) is 0. The van der Waals surface area contributed by atoms with Crippen molar-refractivity contribution in [2.45, 2.75) is 13.1 Å². The summed E-state index contributed by atoms with van der Waals surface area (Å²) in [4.78, 5) is 0. The molecule has 0 bridgehead atoms. The molecule has 3 heteroatoms. The predicted molar refractivity (Wildman–Crippen MR) is 19.7 cm³/mol. The van der Waals surface area contributed by atoms with Crippen molar-refractivity contribution in [3.63, 3.8) is 0 Å². The Kier molecular flexibility index (Phi) is 0.410. The van der Waals surface area contributed by atoms with Crippen LogP contribution < -0.4 is 0 Å². The van der Waals surface area contributed by atoms with Gasteiger partial charge in [-0.15, -0.1) is 0 Å². The van der Waals surface area contributed by atoms with Gasteiger partial charge in [-0.3, -0.25) is 9.15 Å². The predicted octanol–water partition coefficient (Wildman–Crippen LogP) is 0.650. The fourth-order valence-corrected chi connectivity index (χ4v) is 0.750. The minimum Gasteiger partial charge on any atom is -0.257 e. The standard InChI is InChI=1S/C2H6O2Si/c1-5(2)3-4-5/h1-2H3. The van der Waals surface area contributed by atoms with Gasteiger partial charge in [0.15, 0.2) is 0 Å². The lowest BCUT2D eigenvalue weighted by Gasteiger charge is -1.65. The summed E-state index contributed by atoms with van der Waals surface area (Å²) in [5.74, 6) is 0. The van der Waals surface area contributed by atoms with Crippen molar-refractivity contribution in [2.75, 3.05) is 0 Å². The zero-order valence-electron chi connectivity index (χ0n) is 3.32. The molecule has 1 rings (SSSR count). The van der Waals surface area contributed by atoms with Gasteiger partial charge in [-0.05, 0) is 13.1 Å². The highest BCUT2D eigenvalue weighted by Crippen LogP contribution is 2.20. The van der Waals surface area contributed by atoms with E-state index in [0.29, 0.717) is 0 Å². The van der Waals surface area contributed by atoms with Crippen LogP contribution in [0.25, 0.3) is 0 Å². The first kappa shape index (κ1) is 3.33. The summed E-state index contributed by atoms with van der Waals surface area (Å²) in [6.45, 7) is 3.99. The third kappa shape index (κ3) is 0.716. The average Bonchev–Trinajstić information content (AvgIpc) is 1.76. The Balaban J connectivity index is 2.38. The van der Waals surface area contributed by atoms with Gasteiger partial charge in [-0.1, -0.05) is 0 Å². The first-order valence-electron chi connectivity index (χ1n) is 1.57. The highest BCUT2D eigenvalue weighted by atomic mass is 28.4. The minimum atomic E-state index is -1.36. The van der Waals surface area contributed by atoms with E-state index >= 15 is 0 Å². The molecule has 0 spiro atoms. The molecule has 0 aliphatic carbocycles. The smallest absolute Gasteiger partial charge is 0.257 e. The van der Waals surface area contributed by atoms with Gasteiger partial charge in [0.2, 0.25) is 0 Å². The molecular formula is C2H6O2Si. The molecule has 0 amide bonds. The molecule has 5 heavy (non-hydrogen) atoms. The summed E-state index contributed by atoms with van der Waals surface area (Å²) in [5.41, 5.74) is 0. The molecule has 0 atom stereocenters. The third-order valence-electron chi connectivity index (χ3n) is 0.417. The molecular weight excluding hydrogens is 84.1 g/mol. The van der Waals surface area contributed by atoms with E-state index in [-0.39, 0.29) is 0 Å². The van der Waals surface area contributed by atoms with Gasteiger partial charge in [0.05, 0.1) is 0 Å². The monoisotopic (exact) mass is 90.0 g/mol. The zero-order chi connectivity index (χ0) is 3.91. The van der Waals surface area contributed by atoms with Crippen molar-refractivity contribution < 1.29 is 9.15 Å². The van der Waals surface area contributed by atoms with Crippen molar-refractivity contribution >= 4 is 8.56 Å². The zero-order valence-corrected chi connectivity index (χ0v) is 4.32. The average molecular weight is 90.2 g/mol. The van der Waals surface area contributed by atoms with Crippen molar-refractivity contribution in [3.8, 4) is 0 Å². The van der Waals surface area contributed by atoms with Crippen LogP contribution in [0.1, 0.15) is 0 Å². The molecule has 0 aromatic carbocycles. The Labute approximate surface area is 31.9 Å². The van der Waals surface area contributed by atoms with Crippen LogP contribution in [0.5, 0.6) is 0 Å². The molecule has 1 fully saturated rings. The second-order valence-electron chi connectivity index (χ2n) is 1.57. The Morgan fingerprint density at radius 1 is 1.20 bits per heavy atom. The Hall–Kier alpha value is 0.137. The summed E-state index contributed by atoms with van der Waals surface area (Å²) in [6.07, 6.45) is 0. The van der Waals surface area contributed by atoms with Crippen LogP contribution in [0.2, 0.25) is 13.1 Å². The van der Waals surface area contributed by atoms with Crippen LogP contribution >= 0.6 is 0 Å². The van der Waals surface area contributed by atoms with E-state index in [1.165, 1.54) is 0 Å². The number of hydrogen-bond acceptors (Lipinski definition) is 2. The van der Waals surface area contributed by atoms with E-state index in [4.69, 9.17) is 0 Å². The van der Waals surface area contributed by atoms with Crippen molar-refractivity contribution in [1.82, 2.24) is 0 Å². The van der Waals surface area contributed by atoms with Crippen LogP contribution in [0.15, 0.2) is 0 Å². The van der Waals surface area contributed by atoms with Crippen LogP contribution in [-0.4, -0.2) is 8.56 Å². The fraction of sp³-hybridized carbons (Fsp3) is 1.00. The number of rotatable bonds is 0. The van der Waals surface area contributed by atoms with E-state index in [1.54, 1.807) is 0 Å². The lowest BCUT2D eigenvalue weighted by Crippen LogP contribution is -1.98. The Morgan fingerprint density at radius 3 is 1.40 bits per heavy atom. The van der Waals surface area contributed by atoms with Crippen molar-refractivity contribution in [2.24, 2.45) is 0 Å². The van der Waals surface area contributed by atoms with Crippen molar-refractivity contribution in [3.05, 3.63) is 0 Å². The van der Waals surface area contributed by atoms with Crippen LogP contribution in [0.3, 0.4) is 0 Å². The lowest BCUT2D eigenvalue weighted by atomic mass is 11.9. The van der Waals surface area contributed by atoms with Crippen LogP contribution in [-0.2, 0) is 9.15 Å². The lowest BCUT2D eigenvalue weighted by molar-refractivity contribution is 0.0850. The molecule has 0 aromatic rings. The highest BCUT2D eigenvalue weighted by molar-refractivity contribution is 6.69. The molecule has 0 N–H and O–H groups in total. The van der Waals surface area contributed by atoms with E-state index in [0.717, 1.165) is 0 Å². The van der Waals surface area contributed by atoms with Gasteiger partial charge < -0.3 is 0 Å². The molecule has 0 aromatic heterocycles. The molecule has 1 aliphatic rings. The molecule has 1 saturated heterocycles. The topological polar surface area (TPSA) is 25.1 Å². The summed E-state index contributed by atoms with van der Waals surface area (Å²) >= 11 is 0. The van der Waals surface area contributed by atoms with E-state index < -0.39 is 8.56 Å². The quantitative estimate of drug-likeness (QED) is 0.248. The van der Waals surface area contributed by atoms with Crippen molar-refractivity contribution in [1.29, 1.82) is 0 Å². The van der Waals surface area contributed by atoms with Gasteiger partial charge in [0.1, 0.15) is 0 Å². The fourth-order valence-electron chi connectivity index (χ4n) is 0.0833. The maximum Gasteiger partial charge on any atom is 0.400 e. The van der Waals surface area contributed by atoms with Gasteiger partial charge >= 0.3 is 8.56 Å². The molecule has 0 radical (unpaired) electrons. The Morgan fingerprint density at radius 2 is 1.40 bits per heavy atom. The third-order valence-corrected chi connectivity index (χ3v) is 1.25. The second kappa shape index (κ2) is 0.615. The summed E-state index contributed by atoms with van der Waals surface area (Å²) in [7, 11) is -1.36. The molecule has 1 aliphatic heterocycles. The summed E-state index contributed by atoms with van der Waals surface area (Å²) < 4.78 is 9.07. The first-order chi connectivity index (χ1) is 2.21. The molecule has 0 unspecified atom stereocenters.